The highest BCUT2D eigenvalue weighted by atomic mass is 31.0. The largest absolute Gasteiger partial charge is 0.474 e. The van der Waals surface area contributed by atoms with Crippen LogP contribution in [-0.2, 0) is 10.2 Å². The Labute approximate surface area is 270 Å². The van der Waals surface area contributed by atoms with Gasteiger partial charge in [-0.3, -0.25) is 9.69 Å². The van der Waals surface area contributed by atoms with Crippen LogP contribution >= 0.6 is 9.24 Å². The number of likely N-dealkylation sites (tertiary alicyclic amines) is 2. The van der Waals surface area contributed by atoms with Gasteiger partial charge in [-0.25, -0.2) is 8.78 Å². The molecule has 3 aromatic rings. The standard InChI is InChI=1S/C34H40F2N5O4P/c1-7-10-22-16-23(13-14-41(22)31(42)8-2)44-30-18-29(43-20(3)26-15-21(35)19-40(26)6)37-33(38-30)25-17-28(45-39-25)34(4,5)32-24(36)11-9-12-27(32)46/h1,8-9,11-12,17-18,20-23,26H,2,10,13-16,19,46H2,3-6H3/t20-,21-,22+,23-,26-/m0/s1. The maximum atomic E-state index is 15.0. The molecule has 2 aliphatic heterocycles. The topological polar surface area (TPSA) is 93.8 Å². The van der Waals surface area contributed by atoms with E-state index in [1.54, 1.807) is 23.1 Å². The second-order valence-corrected chi connectivity index (χ2v) is 13.1. The first-order valence-corrected chi connectivity index (χ1v) is 15.9. The lowest BCUT2D eigenvalue weighted by Gasteiger charge is -2.38. The van der Waals surface area contributed by atoms with Crippen molar-refractivity contribution in [1.82, 2.24) is 24.9 Å². The third-order valence-electron chi connectivity index (χ3n) is 8.87. The van der Waals surface area contributed by atoms with Gasteiger partial charge in [0.2, 0.25) is 17.7 Å². The van der Waals surface area contributed by atoms with E-state index in [1.807, 2.05) is 38.8 Å². The number of rotatable bonds is 10. The number of terminal acetylenes is 1. The highest BCUT2D eigenvalue weighted by Crippen LogP contribution is 2.36. The molecule has 2 aromatic heterocycles. The smallest absolute Gasteiger partial charge is 0.246 e. The first-order chi connectivity index (χ1) is 21.9. The molecule has 0 radical (unpaired) electrons. The van der Waals surface area contributed by atoms with Crippen LogP contribution in [0.3, 0.4) is 0 Å². The average molecular weight is 652 g/mol. The summed E-state index contributed by atoms with van der Waals surface area (Å²) in [5, 5.41) is 4.95. The lowest BCUT2D eigenvalue weighted by atomic mass is 9.81. The van der Waals surface area contributed by atoms with Gasteiger partial charge in [0.15, 0.2) is 11.5 Å². The fourth-order valence-corrected chi connectivity index (χ4v) is 7.06. The Bertz CT molecular complexity index is 1600. The van der Waals surface area contributed by atoms with Crippen LogP contribution in [0.2, 0.25) is 0 Å². The van der Waals surface area contributed by atoms with Gasteiger partial charge >= 0.3 is 0 Å². The van der Waals surface area contributed by atoms with Crippen molar-refractivity contribution in [3.8, 4) is 35.6 Å². The number of likely N-dealkylation sites (N-methyl/N-ethyl adjacent to an activating group) is 1. The minimum absolute atomic E-state index is 0.143. The second-order valence-electron chi connectivity index (χ2n) is 12.5. The van der Waals surface area contributed by atoms with Gasteiger partial charge in [-0.1, -0.05) is 23.9 Å². The van der Waals surface area contributed by atoms with E-state index in [-0.39, 0.29) is 53.6 Å². The number of halogens is 2. The van der Waals surface area contributed by atoms with Crippen LogP contribution in [0.25, 0.3) is 11.5 Å². The van der Waals surface area contributed by atoms with Crippen LogP contribution in [0, 0.1) is 18.2 Å². The molecular weight excluding hydrogens is 611 g/mol. The minimum atomic E-state index is -0.927. The zero-order valence-electron chi connectivity index (χ0n) is 26.6. The molecule has 0 bridgehead atoms. The van der Waals surface area contributed by atoms with Crippen molar-refractivity contribution in [3.05, 3.63) is 60.1 Å². The highest BCUT2D eigenvalue weighted by molar-refractivity contribution is 7.27. The summed E-state index contributed by atoms with van der Waals surface area (Å²) in [5.41, 5.74) is -0.0895. The van der Waals surface area contributed by atoms with Gasteiger partial charge in [-0.2, -0.15) is 9.97 Å². The molecule has 0 saturated carbocycles. The van der Waals surface area contributed by atoms with E-state index < -0.39 is 11.6 Å². The number of alkyl halides is 1. The number of aromatic nitrogens is 3. The molecule has 1 unspecified atom stereocenters. The number of hydrogen-bond acceptors (Lipinski definition) is 8. The average Bonchev–Trinajstić information content (AvgIpc) is 3.64. The second kappa shape index (κ2) is 13.9. The van der Waals surface area contributed by atoms with Crippen molar-refractivity contribution in [2.24, 2.45) is 0 Å². The molecule has 0 spiro atoms. The zero-order chi connectivity index (χ0) is 33.2. The molecule has 0 aliphatic carbocycles. The summed E-state index contributed by atoms with van der Waals surface area (Å²) < 4.78 is 47.5. The predicted molar refractivity (Wildman–Crippen MR) is 174 cm³/mol. The molecule has 2 fully saturated rings. The number of benzene rings is 1. The van der Waals surface area contributed by atoms with E-state index in [0.29, 0.717) is 61.1 Å². The Hall–Kier alpha value is -3.87. The number of piperidine rings is 1. The number of carbonyl (C=O) groups excluding carboxylic acids is 1. The quantitative estimate of drug-likeness (QED) is 0.175. The molecule has 12 heteroatoms. The summed E-state index contributed by atoms with van der Waals surface area (Å²) in [6.45, 7) is 9.98. The Balaban J connectivity index is 1.46. The fourth-order valence-electron chi connectivity index (χ4n) is 6.45. The molecule has 4 heterocycles. The van der Waals surface area contributed by atoms with Crippen LogP contribution < -0.4 is 14.8 Å². The van der Waals surface area contributed by atoms with Crippen molar-refractivity contribution in [3.63, 3.8) is 0 Å². The first-order valence-electron chi connectivity index (χ1n) is 15.4. The van der Waals surface area contributed by atoms with E-state index in [2.05, 4.69) is 36.9 Å². The van der Waals surface area contributed by atoms with Crippen molar-refractivity contribution >= 4 is 20.5 Å². The summed E-state index contributed by atoms with van der Waals surface area (Å²) in [6, 6.07) is 7.81. The number of hydrogen-bond donors (Lipinski definition) is 0. The third kappa shape index (κ3) is 7.08. The molecule has 1 amide bonds. The van der Waals surface area contributed by atoms with E-state index in [0.717, 1.165) is 0 Å². The van der Waals surface area contributed by atoms with E-state index in [9.17, 15) is 13.6 Å². The Morgan fingerprint density at radius 1 is 1.30 bits per heavy atom. The molecule has 2 saturated heterocycles. The lowest BCUT2D eigenvalue weighted by Crippen LogP contribution is -2.48. The van der Waals surface area contributed by atoms with E-state index in [1.165, 1.54) is 12.1 Å². The SMILES string of the molecule is C#CC[C@@H]1C[C@@H](Oc2cc(O[C@@H](C)[C@@H]3C[C@H](F)CN3C)nc(-c3cc(C(C)(C)c4c(F)cccc4P)on3)n2)CCN1C(=O)C=C. The summed E-state index contributed by atoms with van der Waals surface area (Å²) in [7, 11) is 4.44. The van der Waals surface area contributed by atoms with Gasteiger partial charge in [-0.05, 0) is 51.7 Å². The highest BCUT2D eigenvalue weighted by Gasteiger charge is 2.36. The first kappa shape index (κ1) is 33.5. The van der Waals surface area contributed by atoms with Crippen molar-refractivity contribution < 1.29 is 27.6 Å². The summed E-state index contributed by atoms with van der Waals surface area (Å²) in [5.74, 6) is 3.20. The summed E-state index contributed by atoms with van der Waals surface area (Å²) in [4.78, 5) is 25.4. The number of carbonyl (C=O) groups is 1. The Morgan fingerprint density at radius 3 is 2.74 bits per heavy atom. The predicted octanol–water partition coefficient (Wildman–Crippen LogP) is 4.85. The van der Waals surface area contributed by atoms with Crippen LogP contribution in [0.4, 0.5) is 8.78 Å². The van der Waals surface area contributed by atoms with Crippen molar-refractivity contribution in [2.75, 3.05) is 20.1 Å². The van der Waals surface area contributed by atoms with Gasteiger partial charge in [-0.15, -0.1) is 21.6 Å². The van der Waals surface area contributed by atoms with Crippen LogP contribution in [0.15, 0.2) is 47.5 Å². The van der Waals surface area contributed by atoms with Gasteiger partial charge < -0.3 is 18.9 Å². The molecule has 2 aliphatic rings. The molecule has 1 aromatic carbocycles. The maximum Gasteiger partial charge on any atom is 0.246 e. The van der Waals surface area contributed by atoms with Crippen molar-refractivity contribution in [2.45, 2.75) is 82.3 Å². The molecule has 46 heavy (non-hydrogen) atoms. The fraction of sp³-hybridized carbons (Fsp3) is 0.471. The lowest BCUT2D eigenvalue weighted by molar-refractivity contribution is -0.130. The van der Waals surface area contributed by atoms with Crippen molar-refractivity contribution in [1.29, 1.82) is 0 Å². The zero-order valence-corrected chi connectivity index (χ0v) is 27.7. The van der Waals surface area contributed by atoms with Gasteiger partial charge in [0, 0.05) is 56.1 Å². The van der Waals surface area contributed by atoms with Crippen LogP contribution in [0.1, 0.15) is 57.8 Å². The normalized spacial score (nSPS) is 22.7. The minimum Gasteiger partial charge on any atom is -0.474 e. The van der Waals surface area contributed by atoms with E-state index in [4.69, 9.17) is 20.4 Å². The van der Waals surface area contributed by atoms with Crippen LogP contribution in [-0.4, -0.2) is 81.4 Å². The molecule has 0 N–H and O–H groups in total. The molecule has 244 valence electrons. The summed E-state index contributed by atoms with van der Waals surface area (Å²) in [6.07, 6.45) is 7.09. The number of nitrogens with zero attached hydrogens (tertiary/aromatic N) is 5. The Kier molecular flexibility index (Phi) is 10.1. The third-order valence-corrected chi connectivity index (χ3v) is 9.35. The van der Waals surface area contributed by atoms with Gasteiger partial charge in [0.25, 0.3) is 0 Å². The summed E-state index contributed by atoms with van der Waals surface area (Å²) >= 11 is 0. The van der Waals surface area contributed by atoms with Crippen LogP contribution in [0.5, 0.6) is 11.8 Å². The van der Waals surface area contributed by atoms with E-state index >= 15 is 0 Å². The molecular formula is C34H40F2N5O4P. The molecule has 6 atom stereocenters. The molecule has 5 rings (SSSR count). The van der Waals surface area contributed by atoms with Gasteiger partial charge in [0.1, 0.15) is 30.0 Å². The number of amides is 1. The monoisotopic (exact) mass is 651 g/mol. The number of ether oxygens (including phenoxy) is 2. The maximum absolute atomic E-state index is 15.0. The Morgan fingerprint density at radius 2 is 2.07 bits per heavy atom. The molecule has 9 nitrogen and oxygen atoms in total. The van der Waals surface area contributed by atoms with Gasteiger partial charge in [0.05, 0.1) is 11.5 Å².